The fraction of sp³-hybridized carbons (Fsp3) is 0.450. The highest BCUT2D eigenvalue weighted by molar-refractivity contribution is 8.26. The second-order valence-corrected chi connectivity index (χ2v) is 7.98. The topological polar surface area (TPSA) is 76.1 Å². The van der Waals surface area contributed by atoms with Crippen LogP contribution in [0, 0.1) is 0 Å². The normalized spacial score (nSPS) is 16.5. The van der Waals surface area contributed by atoms with Gasteiger partial charge in [-0.2, -0.15) is 0 Å². The zero-order chi connectivity index (χ0) is 20.7. The van der Waals surface area contributed by atoms with Crippen molar-refractivity contribution in [1.82, 2.24) is 4.90 Å². The lowest BCUT2D eigenvalue weighted by Gasteiger charge is -2.22. The number of rotatable bonds is 10. The molecule has 0 spiro atoms. The van der Waals surface area contributed by atoms with E-state index in [-0.39, 0.29) is 10.2 Å². The zero-order valence-corrected chi connectivity index (χ0v) is 17.9. The number of methoxy groups -OCH3 is 1. The molecule has 0 aliphatic carbocycles. The smallest absolute Gasteiger partial charge is 0.326 e. The molecule has 1 fully saturated rings. The Bertz CT molecular complexity index is 778. The molecule has 0 bridgehead atoms. The second kappa shape index (κ2) is 10.5. The molecular weight excluding hydrogens is 398 g/mol. The fourth-order valence-corrected chi connectivity index (χ4v) is 4.11. The van der Waals surface area contributed by atoms with E-state index in [1.165, 1.54) is 4.90 Å². The minimum absolute atomic E-state index is 0.267. The summed E-state index contributed by atoms with van der Waals surface area (Å²) in [6.07, 6.45) is 4.69. The van der Waals surface area contributed by atoms with E-state index in [1.54, 1.807) is 25.3 Å². The van der Waals surface area contributed by atoms with Crippen LogP contribution < -0.4 is 9.47 Å². The van der Waals surface area contributed by atoms with Gasteiger partial charge in [-0.1, -0.05) is 56.7 Å². The summed E-state index contributed by atoms with van der Waals surface area (Å²) in [5.74, 6) is -0.197. The Morgan fingerprint density at radius 2 is 2.07 bits per heavy atom. The first-order valence-electron chi connectivity index (χ1n) is 9.23. The van der Waals surface area contributed by atoms with Gasteiger partial charge in [0.1, 0.15) is 10.4 Å². The van der Waals surface area contributed by atoms with Crippen LogP contribution in [-0.2, 0) is 9.59 Å². The van der Waals surface area contributed by atoms with Crippen molar-refractivity contribution in [3.05, 3.63) is 28.7 Å². The maximum atomic E-state index is 12.8. The number of hydrogen-bond donors (Lipinski definition) is 1. The number of carbonyl (C=O) groups is 2. The van der Waals surface area contributed by atoms with Crippen LogP contribution in [0.1, 0.15) is 45.1 Å². The first-order chi connectivity index (χ1) is 13.4. The molecule has 2 rings (SSSR count). The maximum Gasteiger partial charge on any atom is 0.326 e. The Hall–Kier alpha value is -2.06. The van der Waals surface area contributed by atoms with Crippen LogP contribution in [0.5, 0.6) is 11.5 Å². The standard InChI is InChI=1S/C20H25NO5S2/c1-4-6-10-26-15-9-8-13(11-16(15)25-3)12-17-18(22)21(20(27)28-17)14(7-5-2)19(23)24/h8-9,11-12,14H,4-7,10H2,1-3H3,(H,23,24)/b17-12-/t14-/m0/s1. The average Bonchev–Trinajstić information content (AvgIpc) is 2.94. The quantitative estimate of drug-likeness (QED) is 0.341. The van der Waals surface area contributed by atoms with Crippen molar-refractivity contribution in [2.24, 2.45) is 0 Å². The highest BCUT2D eigenvalue weighted by Gasteiger charge is 2.39. The van der Waals surface area contributed by atoms with E-state index in [1.807, 2.05) is 13.0 Å². The Labute approximate surface area is 174 Å². The van der Waals surface area contributed by atoms with Gasteiger partial charge >= 0.3 is 5.97 Å². The van der Waals surface area contributed by atoms with Gasteiger partial charge in [0.05, 0.1) is 18.6 Å². The largest absolute Gasteiger partial charge is 0.493 e. The van der Waals surface area contributed by atoms with E-state index in [9.17, 15) is 14.7 Å². The molecule has 1 aliphatic heterocycles. The molecule has 152 valence electrons. The third kappa shape index (κ3) is 5.26. The van der Waals surface area contributed by atoms with Gasteiger partial charge in [0.2, 0.25) is 0 Å². The maximum absolute atomic E-state index is 12.8. The number of carboxylic acid groups (broad SMARTS) is 1. The van der Waals surface area contributed by atoms with Crippen molar-refractivity contribution in [3.8, 4) is 11.5 Å². The first-order valence-corrected chi connectivity index (χ1v) is 10.5. The van der Waals surface area contributed by atoms with Gasteiger partial charge < -0.3 is 14.6 Å². The predicted molar refractivity (Wildman–Crippen MR) is 115 cm³/mol. The molecule has 6 nitrogen and oxygen atoms in total. The molecule has 1 aromatic carbocycles. The lowest BCUT2D eigenvalue weighted by Crippen LogP contribution is -2.43. The molecule has 28 heavy (non-hydrogen) atoms. The average molecular weight is 424 g/mol. The molecule has 1 heterocycles. The molecule has 0 radical (unpaired) electrons. The lowest BCUT2D eigenvalue weighted by molar-refractivity contribution is -0.145. The van der Waals surface area contributed by atoms with Gasteiger partial charge in [-0.25, -0.2) is 4.79 Å². The SMILES string of the molecule is CCCCOc1ccc(/C=C2\SC(=S)N([C@@H](CCC)C(=O)O)C2=O)cc1OC. The number of carboxylic acids is 1. The molecule has 1 atom stereocenters. The third-order valence-electron chi connectivity index (χ3n) is 4.22. The summed E-state index contributed by atoms with van der Waals surface area (Å²) in [6, 6.07) is 4.48. The second-order valence-electron chi connectivity index (χ2n) is 6.31. The summed E-state index contributed by atoms with van der Waals surface area (Å²) < 4.78 is 11.4. The van der Waals surface area contributed by atoms with Gasteiger partial charge in [0.15, 0.2) is 11.5 Å². The minimum Gasteiger partial charge on any atom is -0.493 e. The number of thiocarbonyl (C=S) groups is 1. The van der Waals surface area contributed by atoms with E-state index < -0.39 is 12.0 Å². The summed E-state index contributed by atoms with van der Waals surface area (Å²) in [5.41, 5.74) is 0.752. The summed E-state index contributed by atoms with van der Waals surface area (Å²) in [6.45, 7) is 4.58. The van der Waals surface area contributed by atoms with Crippen molar-refractivity contribution >= 4 is 46.3 Å². The number of aliphatic carboxylic acids is 1. The van der Waals surface area contributed by atoms with Gasteiger partial charge in [0.25, 0.3) is 5.91 Å². The van der Waals surface area contributed by atoms with E-state index in [0.29, 0.717) is 35.9 Å². The fourth-order valence-electron chi connectivity index (χ4n) is 2.76. The molecule has 1 amide bonds. The van der Waals surface area contributed by atoms with Crippen LogP contribution in [0.25, 0.3) is 6.08 Å². The van der Waals surface area contributed by atoms with Crippen molar-refractivity contribution in [2.45, 2.75) is 45.6 Å². The molecule has 1 aliphatic rings. The van der Waals surface area contributed by atoms with Gasteiger partial charge in [-0.15, -0.1) is 0 Å². The number of hydrogen-bond acceptors (Lipinski definition) is 6. The van der Waals surface area contributed by atoms with Crippen LogP contribution in [-0.4, -0.2) is 46.0 Å². The van der Waals surface area contributed by atoms with E-state index >= 15 is 0 Å². The lowest BCUT2D eigenvalue weighted by atomic mass is 10.1. The molecular formula is C20H25NO5S2. The predicted octanol–water partition coefficient (Wildman–Crippen LogP) is 4.33. The molecule has 0 unspecified atom stereocenters. The van der Waals surface area contributed by atoms with Crippen LogP contribution in [0.2, 0.25) is 0 Å². The van der Waals surface area contributed by atoms with Crippen molar-refractivity contribution in [3.63, 3.8) is 0 Å². The number of ether oxygens (including phenoxy) is 2. The highest BCUT2D eigenvalue weighted by Crippen LogP contribution is 2.36. The molecule has 0 aromatic heterocycles. The van der Waals surface area contributed by atoms with Crippen LogP contribution >= 0.6 is 24.0 Å². The number of carbonyl (C=O) groups excluding carboxylic acids is 1. The van der Waals surface area contributed by atoms with E-state index in [4.69, 9.17) is 21.7 Å². The molecule has 1 aromatic rings. The van der Waals surface area contributed by atoms with Crippen LogP contribution in [0.4, 0.5) is 0 Å². The Kier molecular flexibility index (Phi) is 8.32. The highest BCUT2D eigenvalue weighted by atomic mass is 32.2. The minimum atomic E-state index is -1.05. The van der Waals surface area contributed by atoms with Gasteiger partial charge in [-0.3, -0.25) is 9.69 Å². The van der Waals surface area contributed by atoms with Crippen molar-refractivity contribution in [1.29, 1.82) is 0 Å². The summed E-state index contributed by atoms with van der Waals surface area (Å²) in [4.78, 5) is 25.9. The van der Waals surface area contributed by atoms with Crippen LogP contribution in [0.3, 0.4) is 0 Å². The number of unbranched alkanes of at least 4 members (excludes halogenated alkanes) is 1. The van der Waals surface area contributed by atoms with Crippen LogP contribution in [0.15, 0.2) is 23.1 Å². The summed E-state index contributed by atoms with van der Waals surface area (Å²) in [5, 5.41) is 9.45. The molecule has 8 heteroatoms. The summed E-state index contributed by atoms with van der Waals surface area (Å²) in [7, 11) is 1.56. The van der Waals surface area contributed by atoms with Crippen molar-refractivity contribution < 1.29 is 24.2 Å². The Morgan fingerprint density at radius 1 is 1.32 bits per heavy atom. The van der Waals surface area contributed by atoms with Crippen molar-refractivity contribution in [2.75, 3.05) is 13.7 Å². The molecule has 1 N–H and O–H groups in total. The van der Waals surface area contributed by atoms with E-state index in [0.717, 1.165) is 30.2 Å². The van der Waals surface area contributed by atoms with Gasteiger partial charge in [0, 0.05) is 0 Å². The number of thioether (sulfide) groups is 1. The number of amides is 1. The Morgan fingerprint density at radius 3 is 2.68 bits per heavy atom. The van der Waals surface area contributed by atoms with Gasteiger partial charge in [-0.05, 0) is 36.6 Å². The first kappa shape index (κ1) is 22.2. The number of nitrogens with zero attached hydrogens (tertiary/aromatic N) is 1. The summed E-state index contributed by atoms with van der Waals surface area (Å²) >= 11 is 6.38. The Balaban J connectivity index is 2.24. The molecule has 0 saturated carbocycles. The zero-order valence-electron chi connectivity index (χ0n) is 16.3. The van der Waals surface area contributed by atoms with E-state index in [2.05, 4.69) is 6.92 Å². The third-order valence-corrected chi connectivity index (χ3v) is 5.55. The molecule has 1 saturated heterocycles. The monoisotopic (exact) mass is 423 g/mol. The number of benzene rings is 1.